The van der Waals surface area contributed by atoms with Gasteiger partial charge in [-0.05, 0) is 18.1 Å². The number of hydrogen-bond donors (Lipinski definition) is 2. The topological polar surface area (TPSA) is 63.8 Å². The summed E-state index contributed by atoms with van der Waals surface area (Å²) in [7, 11) is 0. The van der Waals surface area contributed by atoms with Gasteiger partial charge in [-0.3, -0.25) is 0 Å². The predicted octanol–water partition coefficient (Wildman–Crippen LogP) is 3.77. The number of nitrogens with two attached hydrogens (primary N) is 1. The number of nitrogen functional groups attached to an aromatic ring is 1. The third kappa shape index (κ3) is 3.84. The quantitative estimate of drug-likeness (QED) is 0.901. The number of rotatable bonds is 4. The van der Waals surface area contributed by atoms with E-state index in [9.17, 15) is 13.2 Å². The minimum Gasteiger partial charge on any atom is -0.368 e. The molecule has 0 spiro atoms. The molecule has 0 amide bonds. The molecule has 2 aromatic rings. The van der Waals surface area contributed by atoms with Crippen molar-refractivity contribution in [3.63, 3.8) is 0 Å². The van der Waals surface area contributed by atoms with Crippen molar-refractivity contribution < 1.29 is 13.2 Å². The maximum Gasteiger partial charge on any atom is 0.433 e. The van der Waals surface area contributed by atoms with Gasteiger partial charge in [0.1, 0.15) is 5.82 Å². The summed E-state index contributed by atoms with van der Waals surface area (Å²) in [5.74, 6) is -0.390. The monoisotopic (exact) mass is 296 g/mol. The van der Waals surface area contributed by atoms with Crippen LogP contribution in [0.5, 0.6) is 0 Å². The first kappa shape index (κ1) is 15.1. The Morgan fingerprint density at radius 2 is 1.90 bits per heavy atom. The number of benzene rings is 1. The molecule has 0 atom stereocenters. The van der Waals surface area contributed by atoms with Crippen molar-refractivity contribution in [3.05, 3.63) is 41.6 Å². The number of halogens is 3. The first-order chi connectivity index (χ1) is 9.90. The first-order valence-electron chi connectivity index (χ1n) is 6.47. The molecule has 7 heteroatoms. The van der Waals surface area contributed by atoms with Gasteiger partial charge in [0, 0.05) is 11.8 Å². The highest BCUT2D eigenvalue weighted by Crippen LogP contribution is 2.30. The standard InChI is InChI=1S/C14H15F3N4/c1-2-5-9-6-3-4-7-10(9)19-12-8-11(14(15,16)17)20-13(18)21-12/h3-4,6-8H,2,5H2,1H3,(H3,18,19,20,21). The average molecular weight is 296 g/mol. The van der Waals surface area contributed by atoms with Crippen molar-refractivity contribution >= 4 is 17.5 Å². The number of aryl methyl sites for hydroxylation is 1. The lowest BCUT2D eigenvalue weighted by atomic mass is 10.1. The van der Waals surface area contributed by atoms with E-state index in [-0.39, 0.29) is 5.82 Å². The molecule has 0 aliphatic heterocycles. The summed E-state index contributed by atoms with van der Waals surface area (Å²) >= 11 is 0. The van der Waals surface area contributed by atoms with Crippen LogP contribution >= 0.6 is 0 Å². The summed E-state index contributed by atoms with van der Waals surface area (Å²) < 4.78 is 38.1. The minimum atomic E-state index is -4.56. The second-order valence-electron chi connectivity index (χ2n) is 4.53. The molecule has 0 aliphatic carbocycles. The van der Waals surface area contributed by atoms with Gasteiger partial charge in [-0.15, -0.1) is 0 Å². The fraction of sp³-hybridized carbons (Fsp3) is 0.286. The molecule has 0 radical (unpaired) electrons. The zero-order valence-corrected chi connectivity index (χ0v) is 11.4. The van der Waals surface area contributed by atoms with E-state index in [0.717, 1.165) is 24.5 Å². The van der Waals surface area contributed by atoms with Gasteiger partial charge in [0.25, 0.3) is 0 Å². The van der Waals surface area contributed by atoms with Gasteiger partial charge in [-0.2, -0.15) is 18.2 Å². The van der Waals surface area contributed by atoms with Gasteiger partial charge in [0.05, 0.1) is 0 Å². The van der Waals surface area contributed by atoms with Crippen molar-refractivity contribution in [3.8, 4) is 0 Å². The van der Waals surface area contributed by atoms with E-state index in [1.54, 1.807) is 12.1 Å². The lowest BCUT2D eigenvalue weighted by Crippen LogP contribution is -2.12. The van der Waals surface area contributed by atoms with E-state index in [1.807, 2.05) is 19.1 Å². The number of hydrogen-bond acceptors (Lipinski definition) is 4. The highest BCUT2D eigenvalue weighted by Gasteiger charge is 2.33. The molecule has 112 valence electrons. The normalized spacial score (nSPS) is 11.4. The third-order valence-corrected chi connectivity index (χ3v) is 2.83. The number of aromatic nitrogens is 2. The van der Waals surface area contributed by atoms with Crippen molar-refractivity contribution in [2.75, 3.05) is 11.1 Å². The largest absolute Gasteiger partial charge is 0.433 e. The highest BCUT2D eigenvalue weighted by atomic mass is 19.4. The van der Waals surface area contributed by atoms with Crippen LogP contribution in [0.25, 0.3) is 0 Å². The van der Waals surface area contributed by atoms with Gasteiger partial charge < -0.3 is 11.1 Å². The third-order valence-electron chi connectivity index (χ3n) is 2.83. The van der Waals surface area contributed by atoms with Crippen molar-refractivity contribution in [1.82, 2.24) is 9.97 Å². The SMILES string of the molecule is CCCc1ccccc1Nc1cc(C(F)(F)F)nc(N)n1. The molecule has 0 bridgehead atoms. The lowest BCUT2D eigenvalue weighted by molar-refractivity contribution is -0.141. The predicted molar refractivity (Wildman–Crippen MR) is 75.2 cm³/mol. The molecule has 0 unspecified atom stereocenters. The van der Waals surface area contributed by atoms with Gasteiger partial charge >= 0.3 is 6.18 Å². The number of anilines is 3. The van der Waals surface area contributed by atoms with E-state index < -0.39 is 17.8 Å². The van der Waals surface area contributed by atoms with Crippen LogP contribution < -0.4 is 11.1 Å². The van der Waals surface area contributed by atoms with Crippen LogP contribution in [0.15, 0.2) is 30.3 Å². The fourth-order valence-electron chi connectivity index (χ4n) is 1.94. The first-order valence-corrected chi connectivity index (χ1v) is 6.47. The Hall–Kier alpha value is -2.31. The fourth-order valence-corrected chi connectivity index (χ4v) is 1.94. The molecule has 0 fully saturated rings. The van der Waals surface area contributed by atoms with E-state index in [4.69, 9.17) is 5.73 Å². The minimum absolute atomic E-state index is 0.0263. The Bertz CT molecular complexity index is 626. The number of para-hydroxylation sites is 1. The van der Waals surface area contributed by atoms with Crippen LogP contribution in [-0.4, -0.2) is 9.97 Å². The van der Waals surface area contributed by atoms with E-state index in [1.165, 1.54) is 0 Å². The lowest BCUT2D eigenvalue weighted by Gasteiger charge is -2.13. The molecule has 0 aliphatic rings. The summed E-state index contributed by atoms with van der Waals surface area (Å²) in [5.41, 5.74) is 6.00. The van der Waals surface area contributed by atoms with Crippen LogP contribution in [0, 0.1) is 0 Å². The molecule has 21 heavy (non-hydrogen) atoms. The number of alkyl halides is 3. The molecule has 0 saturated carbocycles. The van der Waals surface area contributed by atoms with E-state index in [2.05, 4.69) is 15.3 Å². The smallest absolute Gasteiger partial charge is 0.368 e. The van der Waals surface area contributed by atoms with Gasteiger partial charge in [-0.25, -0.2) is 4.98 Å². The van der Waals surface area contributed by atoms with Crippen molar-refractivity contribution in [2.24, 2.45) is 0 Å². The van der Waals surface area contributed by atoms with Crippen molar-refractivity contribution in [2.45, 2.75) is 25.9 Å². The molecule has 1 aromatic heterocycles. The van der Waals surface area contributed by atoms with Gasteiger partial charge in [0.15, 0.2) is 5.69 Å². The van der Waals surface area contributed by atoms with Crippen molar-refractivity contribution in [1.29, 1.82) is 0 Å². The Morgan fingerprint density at radius 1 is 1.19 bits per heavy atom. The van der Waals surface area contributed by atoms with Crippen LogP contribution in [0.4, 0.5) is 30.6 Å². The summed E-state index contributed by atoms with van der Waals surface area (Å²) in [6.07, 6.45) is -2.81. The van der Waals surface area contributed by atoms with E-state index >= 15 is 0 Å². The summed E-state index contributed by atoms with van der Waals surface area (Å²) in [5, 5.41) is 2.88. The Labute approximate surface area is 120 Å². The molecule has 2 rings (SSSR count). The average Bonchev–Trinajstić information content (AvgIpc) is 2.40. The van der Waals surface area contributed by atoms with Gasteiger partial charge in [-0.1, -0.05) is 31.5 Å². The Balaban J connectivity index is 2.34. The highest BCUT2D eigenvalue weighted by molar-refractivity contribution is 5.61. The maximum absolute atomic E-state index is 12.7. The summed E-state index contributed by atoms with van der Waals surface area (Å²) in [4.78, 5) is 7.01. The molecule has 1 aromatic carbocycles. The molecule has 0 saturated heterocycles. The maximum atomic E-state index is 12.7. The molecular weight excluding hydrogens is 281 g/mol. The summed E-state index contributed by atoms with van der Waals surface area (Å²) in [6, 6.07) is 8.24. The second kappa shape index (κ2) is 5.99. The van der Waals surface area contributed by atoms with Crippen LogP contribution in [-0.2, 0) is 12.6 Å². The van der Waals surface area contributed by atoms with Gasteiger partial charge in [0.2, 0.25) is 5.95 Å². The molecule has 3 N–H and O–H groups in total. The zero-order chi connectivity index (χ0) is 15.5. The summed E-state index contributed by atoms with van der Waals surface area (Å²) in [6.45, 7) is 2.03. The zero-order valence-electron chi connectivity index (χ0n) is 11.4. The Morgan fingerprint density at radius 3 is 2.57 bits per heavy atom. The second-order valence-corrected chi connectivity index (χ2v) is 4.53. The Kier molecular flexibility index (Phi) is 4.30. The van der Waals surface area contributed by atoms with Crippen LogP contribution in [0.2, 0.25) is 0 Å². The van der Waals surface area contributed by atoms with E-state index in [0.29, 0.717) is 5.69 Å². The molecule has 4 nitrogen and oxygen atoms in total. The molecular formula is C14H15F3N4. The van der Waals surface area contributed by atoms with Crippen LogP contribution in [0.3, 0.4) is 0 Å². The number of nitrogens with zero attached hydrogens (tertiary/aromatic N) is 2. The molecule has 1 heterocycles. The van der Waals surface area contributed by atoms with Crippen LogP contribution in [0.1, 0.15) is 24.6 Å². The number of nitrogens with one attached hydrogen (secondary N) is 1.